The first-order valence-corrected chi connectivity index (χ1v) is 6.50. The first kappa shape index (κ1) is 12.9. The van der Waals surface area contributed by atoms with Gasteiger partial charge in [-0.2, -0.15) is 0 Å². The molecule has 0 radical (unpaired) electrons. The van der Waals surface area contributed by atoms with Crippen LogP contribution in [0.3, 0.4) is 0 Å². The van der Waals surface area contributed by atoms with Crippen LogP contribution in [0.5, 0.6) is 0 Å². The van der Waals surface area contributed by atoms with Gasteiger partial charge in [0.05, 0.1) is 0 Å². The van der Waals surface area contributed by atoms with E-state index in [0.717, 1.165) is 30.8 Å². The summed E-state index contributed by atoms with van der Waals surface area (Å²) in [5.41, 5.74) is 3.15. The minimum absolute atomic E-state index is 0.0922. The molecule has 4 heteroatoms. The fourth-order valence-electron chi connectivity index (χ4n) is 2.09. The first-order chi connectivity index (χ1) is 8.72. The third-order valence-electron chi connectivity index (χ3n) is 3.43. The van der Waals surface area contributed by atoms with Gasteiger partial charge in [-0.1, -0.05) is 6.92 Å². The van der Waals surface area contributed by atoms with E-state index in [1.54, 1.807) is 0 Å². The Morgan fingerprint density at radius 1 is 1.44 bits per heavy atom. The number of aliphatic hydroxyl groups excluding tert-OH is 1. The van der Waals surface area contributed by atoms with Crippen molar-refractivity contribution < 1.29 is 9.90 Å². The van der Waals surface area contributed by atoms with Crippen molar-refractivity contribution in [2.75, 3.05) is 23.8 Å². The monoisotopic (exact) mass is 248 g/mol. The topological polar surface area (TPSA) is 61.4 Å². The van der Waals surface area contributed by atoms with Gasteiger partial charge in [-0.15, -0.1) is 0 Å². The third kappa shape index (κ3) is 3.01. The summed E-state index contributed by atoms with van der Waals surface area (Å²) in [6.07, 6.45) is 2.32. The molecule has 1 aromatic rings. The number of fused-ring (bicyclic) bond motifs is 1. The van der Waals surface area contributed by atoms with Crippen LogP contribution in [-0.2, 0) is 11.2 Å². The molecular weight excluding hydrogens is 228 g/mol. The zero-order chi connectivity index (χ0) is 13.0. The minimum Gasteiger partial charge on any atom is -0.396 e. The quantitative estimate of drug-likeness (QED) is 0.747. The van der Waals surface area contributed by atoms with Gasteiger partial charge in [0.25, 0.3) is 0 Å². The lowest BCUT2D eigenvalue weighted by atomic mass is 10.0. The SMILES string of the molecule is CCC(CO)CNc1ccc2c(c1)CCC(=O)N2. The molecule has 3 N–H and O–H groups in total. The summed E-state index contributed by atoms with van der Waals surface area (Å²) in [5.74, 6) is 0.385. The molecule has 18 heavy (non-hydrogen) atoms. The molecule has 0 saturated carbocycles. The summed E-state index contributed by atoms with van der Waals surface area (Å²) in [4.78, 5) is 11.2. The second kappa shape index (κ2) is 5.87. The number of carbonyl (C=O) groups excluding carboxylic acids is 1. The van der Waals surface area contributed by atoms with Crippen LogP contribution in [-0.4, -0.2) is 24.2 Å². The van der Waals surface area contributed by atoms with Gasteiger partial charge in [-0.25, -0.2) is 0 Å². The molecule has 0 saturated heterocycles. The molecule has 4 nitrogen and oxygen atoms in total. The second-order valence-corrected chi connectivity index (χ2v) is 4.76. The lowest BCUT2D eigenvalue weighted by molar-refractivity contribution is -0.116. The van der Waals surface area contributed by atoms with Crippen molar-refractivity contribution in [2.45, 2.75) is 26.2 Å². The van der Waals surface area contributed by atoms with Crippen molar-refractivity contribution in [1.82, 2.24) is 0 Å². The van der Waals surface area contributed by atoms with E-state index in [1.807, 2.05) is 12.1 Å². The Hall–Kier alpha value is -1.55. The third-order valence-corrected chi connectivity index (χ3v) is 3.43. The average molecular weight is 248 g/mol. The predicted octanol–water partition coefficient (Wildman–Crippen LogP) is 2.00. The Morgan fingerprint density at radius 2 is 2.28 bits per heavy atom. The molecule has 1 amide bonds. The zero-order valence-electron chi connectivity index (χ0n) is 10.7. The number of carbonyl (C=O) groups is 1. The number of rotatable bonds is 5. The number of nitrogens with one attached hydrogen (secondary N) is 2. The molecule has 1 aromatic carbocycles. The fourth-order valence-corrected chi connectivity index (χ4v) is 2.09. The number of aliphatic hydroxyl groups is 1. The van der Waals surface area contributed by atoms with Crippen molar-refractivity contribution in [2.24, 2.45) is 5.92 Å². The predicted molar refractivity (Wildman–Crippen MR) is 72.7 cm³/mol. The summed E-state index contributed by atoms with van der Waals surface area (Å²) >= 11 is 0. The highest BCUT2D eigenvalue weighted by Gasteiger charge is 2.14. The smallest absolute Gasteiger partial charge is 0.224 e. The number of anilines is 2. The van der Waals surface area contributed by atoms with Crippen molar-refractivity contribution in [3.05, 3.63) is 23.8 Å². The maximum Gasteiger partial charge on any atom is 0.224 e. The van der Waals surface area contributed by atoms with Crippen LogP contribution in [0.15, 0.2) is 18.2 Å². The normalized spacial score (nSPS) is 15.8. The lowest BCUT2D eigenvalue weighted by Gasteiger charge is -2.19. The summed E-state index contributed by atoms with van der Waals surface area (Å²) in [5, 5.41) is 15.3. The van der Waals surface area contributed by atoms with Crippen LogP contribution in [0.1, 0.15) is 25.3 Å². The van der Waals surface area contributed by atoms with Crippen LogP contribution in [0.2, 0.25) is 0 Å². The average Bonchev–Trinajstić information content (AvgIpc) is 2.40. The highest BCUT2D eigenvalue weighted by molar-refractivity contribution is 5.94. The van der Waals surface area contributed by atoms with Crippen LogP contribution < -0.4 is 10.6 Å². The molecule has 1 unspecified atom stereocenters. The molecule has 1 aliphatic rings. The standard InChI is InChI=1S/C14H20N2O2/c1-2-10(9-17)8-15-12-4-5-13-11(7-12)3-6-14(18)16-13/h4-5,7,10,15,17H,2-3,6,8-9H2,1H3,(H,16,18). The molecule has 1 atom stereocenters. The highest BCUT2D eigenvalue weighted by Crippen LogP contribution is 2.25. The minimum atomic E-state index is 0.0922. The van der Waals surface area contributed by atoms with Gasteiger partial charge < -0.3 is 15.7 Å². The van der Waals surface area contributed by atoms with Crippen molar-refractivity contribution >= 4 is 17.3 Å². The maximum atomic E-state index is 11.2. The van der Waals surface area contributed by atoms with Crippen molar-refractivity contribution in [3.63, 3.8) is 0 Å². The maximum absolute atomic E-state index is 11.2. The van der Waals surface area contributed by atoms with E-state index in [0.29, 0.717) is 12.3 Å². The van der Waals surface area contributed by atoms with E-state index < -0.39 is 0 Å². The van der Waals surface area contributed by atoms with Gasteiger partial charge in [0.2, 0.25) is 5.91 Å². The largest absolute Gasteiger partial charge is 0.396 e. The molecular formula is C14H20N2O2. The molecule has 1 heterocycles. The van der Waals surface area contributed by atoms with E-state index in [9.17, 15) is 4.79 Å². The lowest BCUT2D eigenvalue weighted by Crippen LogP contribution is -2.20. The van der Waals surface area contributed by atoms with E-state index in [2.05, 4.69) is 23.6 Å². The fraction of sp³-hybridized carbons (Fsp3) is 0.500. The van der Waals surface area contributed by atoms with Crippen molar-refractivity contribution in [1.29, 1.82) is 0 Å². The Morgan fingerprint density at radius 3 is 3.00 bits per heavy atom. The van der Waals surface area contributed by atoms with Crippen LogP contribution in [0, 0.1) is 5.92 Å². The summed E-state index contributed by atoms with van der Waals surface area (Å²) in [6, 6.07) is 5.99. The Kier molecular flexibility index (Phi) is 4.20. The number of aryl methyl sites for hydroxylation is 1. The molecule has 1 aliphatic heterocycles. The second-order valence-electron chi connectivity index (χ2n) is 4.76. The van der Waals surface area contributed by atoms with Gasteiger partial charge in [0.1, 0.15) is 0 Å². The molecule has 0 spiro atoms. The molecule has 0 aliphatic carbocycles. The zero-order valence-corrected chi connectivity index (χ0v) is 10.7. The Labute approximate surface area is 107 Å². The number of hydrogen-bond donors (Lipinski definition) is 3. The highest BCUT2D eigenvalue weighted by atomic mass is 16.3. The summed E-state index contributed by atoms with van der Waals surface area (Å²) < 4.78 is 0. The van der Waals surface area contributed by atoms with Gasteiger partial charge in [0, 0.05) is 30.9 Å². The first-order valence-electron chi connectivity index (χ1n) is 6.50. The Balaban J connectivity index is 2.01. The molecule has 2 rings (SSSR count). The van der Waals surface area contributed by atoms with Crippen molar-refractivity contribution in [3.8, 4) is 0 Å². The molecule has 98 valence electrons. The van der Waals surface area contributed by atoms with Gasteiger partial charge in [-0.05, 0) is 42.5 Å². The number of hydrogen-bond acceptors (Lipinski definition) is 3. The van der Waals surface area contributed by atoms with Gasteiger partial charge in [0.15, 0.2) is 0 Å². The van der Waals surface area contributed by atoms with E-state index in [1.165, 1.54) is 5.56 Å². The Bertz CT molecular complexity index is 428. The van der Waals surface area contributed by atoms with Crippen LogP contribution >= 0.6 is 0 Å². The van der Waals surface area contributed by atoms with Crippen LogP contribution in [0.4, 0.5) is 11.4 Å². The summed E-state index contributed by atoms with van der Waals surface area (Å²) in [7, 11) is 0. The molecule has 0 bridgehead atoms. The van der Waals surface area contributed by atoms with E-state index in [-0.39, 0.29) is 12.5 Å². The summed E-state index contributed by atoms with van der Waals surface area (Å²) in [6.45, 7) is 3.06. The van der Waals surface area contributed by atoms with E-state index >= 15 is 0 Å². The molecule has 0 aromatic heterocycles. The van der Waals surface area contributed by atoms with Gasteiger partial charge in [-0.3, -0.25) is 4.79 Å². The molecule has 0 fully saturated rings. The van der Waals surface area contributed by atoms with Crippen LogP contribution in [0.25, 0.3) is 0 Å². The van der Waals surface area contributed by atoms with E-state index in [4.69, 9.17) is 5.11 Å². The number of benzene rings is 1. The number of amides is 1. The van der Waals surface area contributed by atoms with Gasteiger partial charge >= 0.3 is 0 Å².